The molecule has 0 amide bonds. The second-order valence-corrected chi connectivity index (χ2v) is 13.8. The predicted molar refractivity (Wildman–Crippen MR) is 200 cm³/mol. The molecule has 0 fully saturated rings. The highest BCUT2D eigenvalue weighted by molar-refractivity contribution is 7.27. The summed E-state index contributed by atoms with van der Waals surface area (Å²) in [5.41, 5.74) is 7.66. The van der Waals surface area contributed by atoms with Gasteiger partial charge in [0.25, 0.3) is 0 Å². The maximum absolute atomic E-state index is 6.41. The number of para-hydroxylation sites is 1. The quantitative estimate of drug-likeness (QED) is 0.194. The molecule has 46 heavy (non-hydrogen) atoms. The standard InChI is InChI=1S/C42H25NOS2/c1-2-10-26(11-3-1)29-14-8-15-33-34-16-9-17-36(42(34)46-41(29)33)43(27-21-23-40-35(24-27)32-13-5-7-19-39(32)45-40)28-20-22-31-30-12-4-6-18-37(30)44-38(31)25-28/h1-25H. The lowest BCUT2D eigenvalue weighted by atomic mass is 10.0. The zero-order valence-electron chi connectivity index (χ0n) is 24.6. The minimum absolute atomic E-state index is 0.889. The van der Waals surface area contributed by atoms with E-state index in [-0.39, 0.29) is 0 Å². The summed E-state index contributed by atoms with van der Waals surface area (Å²) in [6.45, 7) is 0. The summed E-state index contributed by atoms with van der Waals surface area (Å²) in [4.78, 5) is 2.42. The van der Waals surface area contributed by atoms with E-state index in [4.69, 9.17) is 4.42 Å². The van der Waals surface area contributed by atoms with Crippen LogP contribution in [0, 0.1) is 0 Å². The molecule has 0 aliphatic carbocycles. The fourth-order valence-electron chi connectivity index (χ4n) is 6.96. The van der Waals surface area contributed by atoms with E-state index >= 15 is 0 Å². The van der Waals surface area contributed by atoms with Crippen LogP contribution in [0.2, 0.25) is 0 Å². The van der Waals surface area contributed by atoms with E-state index in [1.54, 1.807) is 0 Å². The fraction of sp³-hybridized carbons (Fsp3) is 0. The van der Waals surface area contributed by atoms with Crippen LogP contribution in [-0.2, 0) is 0 Å². The van der Waals surface area contributed by atoms with Crippen LogP contribution < -0.4 is 4.90 Å². The van der Waals surface area contributed by atoms with Gasteiger partial charge in [0.2, 0.25) is 0 Å². The molecular weight excluding hydrogens is 599 g/mol. The molecular formula is C42H25NOS2. The maximum atomic E-state index is 6.41. The first kappa shape index (κ1) is 25.9. The lowest BCUT2D eigenvalue weighted by Crippen LogP contribution is -2.09. The number of hydrogen-bond donors (Lipinski definition) is 0. The van der Waals surface area contributed by atoms with Gasteiger partial charge in [0.15, 0.2) is 0 Å². The number of thiophene rings is 2. The van der Waals surface area contributed by atoms with Gasteiger partial charge in [-0.3, -0.25) is 0 Å². The summed E-state index contributed by atoms with van der Waals surface area (Å²) in [6.07, 6.45) is 0. The Morgan fingerprint density at radius 3 is 2.00 bits per heavy atom. The van der Waals surface area contributed by atoms with E-state index in [1.165, 1.54) is 51.5 Å². The van der Waals surface area contributed by atoms with E-state index in [0.717, 1.165) is 39.0 Å². The second kappa shape index (κ2) is 10.0. The second-order valence-electron chi connectivity index (χ2n) is 11.7. The highest BCUT2D eigenvalue weighted by Crippen LogP contribution is 2.48. The van der Waals surface area contributed by atoms with Crippen molar-refractivity contribution in [2.24, 2.45) is 0 Å². The number of nitrogens with zero attached hydrogens (tertiary/aromatic N) is 1. The molecule has 10 rings (SSSR count). The average Bonchev–Trinajstić information content (AvgIpc) is 3.80. The van der Waals surface area contributed by atoms with Gasteiger partial charge in [-0.1, -0.05) is 97.1 Å². The molecule has 0 radical (unpaired) electrons. The van der Waals surface area contributed by atoms with Crippen LogP contribution in [0.4, 0.5) is 17.1 Å². The lowest BCUT2D eigenvalue weighted by molar-refractivity contribution is 0.669. The van der Waals surface area contributed by atoms with Gasteiger partial charge < -0.3 is 9.32 Å². The van der Waals surface area contributed by atoms with Crippen molar-refractivity contribution in [2.75, 3.05) is 4.90 Å². The smallest absolute Gasteiger partial charge is 0.137 e. The van der Waals surface area contributed by atoms with Crippen molar-refractivity contribution in [3.63, 3.8) is 0 Å². The molecule has 3 aromatic heterocycles. The van der Waals surface area contributed by atoms with Crippen molar-refractivity contribution in [2.45, 2.75) is 0 Å². The van der Waals surface area contributed by atoms with Gasteiger partial charge in [0, 0.05) is 63.9 Å². The van der Waals surface area contributed by atoms with Crippen LogP contribution in [-0.4, -0.2) is 0 Å². The molecule has 216 valence electrons. The van der Waals surface area contributed by atoms with E-state index in [0.29, 0.717) is 0 Å². The number of fused-ring (bicyclic) bond motifs is 9. The zero-order chi connectivity index (χ0) is 30.2. The van der Waals surface area contributed by atoms with E-state index in [9.17, 15) is 0 Å². The maximum Gasteiger partial charge on any atom is 0.137 e. The normalized spacial score (nSPS) is 11.9. The molecule has 0 N–H and O–H groups in total. The van der Waals surface area contributed by atoms with Gasteiger partial charge >= 0.3 is 0 Å². The lowest BCUT2D eigenvalue weighted by Gasteiger charge is -2.26. The Labute approximate surface area is 273 Å². The summed E-state index contributed by atoms with van der Waals surface area (Å²) in [6, 6.07) is 54.7. The van der Waals surface area contributed by atoms with Crippen LogP contribution >= 0.6 is 22.7 Å². The minimum Gasteiger partial charge on any atom is -0.456 e. The molecule has 0 aliphatic heterocycles. The van der Waals surface area contributed by atoms with Crippen LogP contribution in [0.5, 0.6) is 0 Å². The van der Waals surface area contributed by atoms with Crippen LogP contribution in [0.3, 0.4) is 0 Å². The Bertz CT molecular complexity index is 2770. The first-order valence-electron chi connectivity index (χ1n) is 15.4. The Morgan fingerprint density at radius 2 is 1.09 bits per heavy atom. The number of rotatable bonds is 4. The highest BCUT2D eigenvalue weighted by Gasteiger charge is 2.21. The Morgan fingerprint density at radius 1 is 0.413 bits per heavy atom. The van der Waals surface area contributed by atoms with Crippen molar-refractivity contribution < 1.29 is 4.42 Å². The fourth-order valence-corrected chi connectivity index (χ4v) is 9.39. The van der Waals surface area contributed by atoms with Gasteiger partial charge in [-0.15, -0.1) is 22.7 Å². The van der Waals surface area contributed by atoms with Gasteiger partial charge in [0.05, 0.1) is 10.4 Å². The summed E-state index contributed by atoms with van der Waals surface area (Å²) in [7, 11) is 0. The third-order valence-corrected chi connectivity index (χ3v) is 11.5. The summed E-state index contributed by atoms with van der Waals surface area (Å²) in [5, 5.41) is 7.41. The Kier molecular flexibility index (Phi) is 5.65. The van der Waals surface area contributed by atoms with Crippen LogP contribution in [0.1, 0.15) is 0 Å². The summed E-state index contributed by atoms with van der Waals surface area (Å²) < 4.78 is 11.6. The van der Waals surface area contributed by atoms with Crippen LogP contribution in [0.15, 0.2) is 156 Å². The van der Waals surface area contributed by atoms with Crippen molar-refractivity contribution in [1.82, 2.24) is 0 Å². The molecule has 0 bridgehead atoms. The van der Waals surface area contributed by atoms with Crippen molar-refractivity contribution in [3.05, 3.63) is 152 Å². The molecule has 0 unspecified atom stereocenters. The first-order valence-corrected chi connectivity index (χ1v) is 17.1. The third-order valence-electron chi connectivity index (χ3n) is 9.07. The molecule has 4 heteroatoms. The third kappa shape index (κ3) is 3.87. The molecule has 0 aliphatic rings. The zero-order valence-corrected chi connectivity index (χ0v) is 26.2. The topological polar surface area (TPSA) is 16.4 Å². The van der Waals surface area contributed by atoms with Gasteiger partial charge in [-0.05, 0) is 59.7 Å². The van der Waals surface area contributed by atoms with Gasteiger partial charge in [-0.25, -0.2) is 0 Å². The number of anilines is 3. The molecule has 0 spiro atoms. The first-order chi connectivity index (χ1) is 22.8. The van der Waals surface area contributed by atoms with Gasteiger partial charge in [-0.2, -0.15) is 0 Å². The summed E-state index contributed by atoms with van der Waals surface area (Å²) in [5.74, 6) is 0. The van der Waals surface area contributed by atoms with E-state index in [1.807, 2.05) is 34.8 Å². The predicted octanol–water partition coefficient (Wildman–Crippen LogP) is 13.5. The highest BCUT2D eigenvalue weighted by atomic mass is 32.1. The molecule has 10 aromatic rings. The minimum atomic E-state index is 0.889. The molecule has 2 nitrogen and oxygen atoms in total. The Balaban J connectivity index is 1.26. The molecule has 7 aromatic carbocycles. The van der Waals surface area contributed by atoms with E-state index in [2.05, 4.69) is 144 Å². The monoisotopic (exact) mass is 623 g/mol. The Hall–Kier alpha value is -5.42. The van der Waals surface area contributed by atoms with Crippen molar-refractivity contribution in [1.29, 1.82) is 0 Å². The van der Waals surface area contributed by atoms with Crippen molar-refractivity contribution in [3.8, 4) is 11.1 Å². The summed E-state index contributed by atoms with van der Waals surface area (Å²) >= 11 is 3.73. The number of hydrogen-bond acceptors (Lipinski definition) is 4. The van der Waals surface area contributed by atoms with Crippen molar-refractivity contribution >= 4 is 102 Å². The van der Waals surface area contributed by atoms with E-state index < -0.39 is 0 Å². The molecule has 0 saturated carbocycles. The molecule has 0 atom stereocenters. The molecule has 3 heterocycles. The number of benzene rings is 7. The number of furan rings is 1. The average molecular weight is 624 g/mol. The largest absolute Gasteiger partial charge is 0.456 e. The van der Waals surface area contributed by atoms with Gasteiger partial charge in [0.1, 0.15) is 11.2 Å². The van der Waals surface area contributed by atoms with Crippen LogP contribution in [0.25, 0.3) is 73.4 Å². The molecule has 0 saturated heterocycles. The SMILES string of the molecule is c1ccc(-c2cccc3c2sc2c(N(c4ccc5c(c4)oc4ccccc45)c4ccc5sc6ccccc6c5c4)cccc23)cc1.